The summed E-state index contributed by atoms with van der Waals surface area (Å²) in [5, 5.41) is 6.74. The van der Waals surface area contributed by atoms with Gasteiger partial charge in [-0.1, -0.05) is 36.4 Å². The van der Waals surface area contributed by atoms with Crippen LogP contribution in [0.5, 0.6) is 0 Å². The maximum Gasteiger partial charge on any atom is 0.126 e. The first kappa shape index (κ1) is 14.0. The van der Waals surface area contributed by atoms with Gasteiger partial charge < -0.3 is 15.4 Å². The van der Waals surface area contributed by atoms with Gasteiger partial charge in [-0.3, -0.25) is 0 Å². The lowest BCUT2D eigenvalue weighted by molar-refractivity contribution is -0.0196. The average molecular weight is 283 g/mol. The van der Waals surface area contributed by atoms with E-state index in [1.807, 2.05) is 36.4 Å². The minimum absolute atomic E-state index is 0.191. The van der Waals surface area contributed by atoms with Crippen LogP contribution in [0.1, 0.15) is 6.92 Å². The first-order valence-corrected chi connectivity index (χ1v) is 7.44. The third-order valence-electron chi connectivity index (χ3n) is 3.56. The largest absolute Gasteiger partial charge is 0.371 e. The molecule has 4 heteroatoms. The number of pyridine rings is 1. The smallest absolute Gasteiger partial charge is 0.126 e. The highest BCUT2D eigenvalue weighted by molar-refractivity contribution is 5.60. The van der Waals surface area contributed by atoms with Gasteiger partial charge in [0.15, 0.2) is 0 Å². The lowest BCUT2D eigenvalue weighted by Crippen LogP contribution is -2.46. The number of aromatic nitrogens is 1. The molecule has 0 radical (unpaired) electrons. The van der Waals surface area contributed by atoms with Crippen molar-refractivity contribution in [2.45, 2.75) is 19.1 Å². The van der Waals surface area contributed by atoms with Crippen molar-refractivity contribution >= 4 is 5.82 Å². The zero-order chi connectivity index (χ0) is 14.5. The summed E-state index contributed by atoms with van der Waals surface area (Å²) >= 11 is 0. The van der Waals surface area contributed by atoms with Crippen LogP contribution in [0.15, 0.2) is 48.5 Å². The maximum atomic E-state index is 5.87. The van der Waals surface area contributed by atoms with Gasteiger partial charge in [-0.25, -0.2) is 4.98 Å². The first-order valence-electron chi connectivity index (χ1n) is 7.44. The molecule has 2 N–H and O–H groups in total. The maximum absolute atomic E-state index is 5.87. The molecular weight excluding hydrogens is 262 g/mol. The SMILES string of the molecule is C[C@@H]1CNC[C@@H](CNc2cccc(-c3ccccc3)n2)O1. The van der Waals surface area contributed by atoms with Gasteiger partial charge in [0.1, 0.15) is 5.82 Å². The molecular formula is C17H21N3O. The molecule has 0 aliphatic carbocycles. The van der Waals surface area contributed by atoms with E-state index < -0.39 is 0 Å². The Kier molecular flexibility index (Phi) is 4.48. The van der Waals surface area contributed by atoms with Crippen LogP contribution in [0.3, 0.4) is 0 Å². The van der Waals surface area contributed by atoms with Crippen LogP contribution in [0.25, 0.3) is 11.3 Å². The standard InChI is InChI=1S/C17H21N3O/c1-13-10-18-11-15(21-13)12-19-17-9-5-8-16(20-17)14-6-3-2-4-7-14/h2-9,13,15,18H,10-12H2,1H3,(H,19,20)/t13-,15+/m1/s1. The lowest BCUT2D eigenvalue weighted by atomic mass is 10.1. The van der Waals surface area contributed by atoms with Crippen molar-refractivity contribution in [3.05, 3.63) is 48.5 Å². The fourth-order valence-corrected chi connectivity index (χ4v) is 2.51. The predicted octanol–water partition coefficient (Wildman–Crippen LogP) is 2.54. The van der Waals surface area contributed by atoms with Crippen LogP contribution >= 0.6 is 0 Å². The highest BCUT2D eigenvalue weighted by Gasteiger charge is 2.18. The topological polar surface area (TPSA) is 46.2 Å². The molecule has 1 saturated heterocycles. The average Bonchev–Trinajstić information content (AvgIpc) is 2.54. The van der Waals surface area contributed by atoms with Crippen molar-refractivity contribution in [3.63, 3.8) is 0 Å². The Balaban J connectivity index is 1.64. The Hall–Kier alpha value is -1.91. The molecule has 0 bridgehead atoms. The van der Waals surface area contributed by atoms with Crippen LogP contribution in [0.2, 0.25) is 0 Å². The molecule has 1 aliphatic rings. The molecule has 21 heavy (non-hydrogen) atoms. The number of morpholine rings is 1. The number of rotatable bonds is 4. The van der Waals surface area contributed by atoms with Crippen molar-refractivity contribution in [1.29, 1.82) is 0 Å². The van der Waals surface area contributed by atoms with Gasteiger partial charge in [0.05, 0.1) is 17.9 Å². The number of nitrogens with one attached hydrogen (secondary N) is 2. The Bertz CT molecular complexity index is 573. The summed E-state index contributed by atoms with van der Waals surface area (Å²) in [6.07, 6.45) is 0.463. The summed E-state index contributed by atoms with van der Waals surface area (Å²) in [4.78, 5) is 4.66. The molecule has 2 heterocycles. The van der Waals surface area contributed by atoms with E-state index in [-0.39, 0.29) is 12.2 Å². The van der Waals surface area contributed by atoms with Gasteiger partial charge in [-0.15, -0.1) is 0 Å². The molecule has 0 spiro atoms. The lowest BCUT2D eigenvalue weighted by Gasteiger charge is -2.29. The van der Waals surface area contributed by atoms with Crippen molar-refractivity contribution in [2.24, 2.45) is 0 Å². The van der Waals surface area contributed by atoms with Gasteiger partial charge in [0.2, 0.25) is 0 Å². The van der Waals surface area contributed by atoms with E-state index in [0.717, 1.165) is 36.7 Å². The molecule has 4 nitrogen and oxygen atoms in total. The Morgan fingerprint density at radius 1 is 1.14 bits per heavy atom. The van der Waals surface area contributed by atoms with E-state index in [2.05, 4.69) is 34.7 Å². The fourth-order valence-electron chi connectivity index (χ4n) is 2.51. The van der Waals surface area contributed by atoms with Crippen molar-refractivity contribution in [1.82, 2.24) is 10.3 Å². The number of benzene rings is 1. The van der Waals surface area contributed by atoms with Gasteiger partial charge in [0, 0.05) is 25.2 Å². The summed E-state index contributed by atoms with van der Waals surface area (Å²) in [6.45, 7) is 4.67. The van der Waals surface area contributed by atoms with Crippen molar-refractivity contribution < 1.29 is 4.74 Å². The van der Waals surface area contributed by atoms with E-state index in [1.54, 1.807) is 0 Å². The molecule has 0 unspecified atom stereocenters. The first-order chi connectivity index (χ1) is 10.3. The number of hydrogen-bond donors (Lipinski definition) is 2. The molecule has 2 atom stereocenters. The quantitative estimate of drug-likeness (QED) is 0.905. The molecule has 1 aromatic heterocycles. The fraction of sp³-hybridized carbons (Fsp3) is 0.353. The van der Waals surface area contributed by atoms with Crippen LogP contribution in [-0.4, -0.2) is 36.8 Å². The second-order valence-electron chi connectivity index (χ2n) is 5.38. The molecule has 1 aromatic carbocycles. The molecule has 1 aliphatic heterocycles. The number of anilines is 1. The molecule has 3 rings (SSSR count). The van der Waals surface area contributed by atoms with Crippen molar-refractivity contribution in [3.8, 4) is 11.3 Å². The highest BCUT2D eigenvalue weighted by Crippen LogP contribution is 2.18. The zero-order valence-electron chi connectivity index (χ0n) is 12.3. The number of nitrogens with zero attached hydrogens (tertiary/aromatic N) is 1. The number of hydrogen-bond acceptors (Lipinski definition) is 4. The Labute approximate surface area is 125 Å². The summed E-state index contributed by atoms with van der Waals surface area (Å²) in [5.41, 5.74) is 2.11. The van der Waals surface area contributed by atoms with Gasteiger partial charge in [-0.2, -0.15) is 0 Å². The van der Waals surface area contributed by atoms with Gasteiger partial charge >= 0.3 is 0 Å². The van der Waals surface area contributed by atoms with E-state index >= 15 is 0 Å². The van der Waals surface area contributed by atoms with E-state index in [0.29, 0.717) is 0 Å². The van der Waals surface area contributed by atoms with E-state index in [1.165, 1.54) is 0 Å². The van der Waals surface area contributed by atoms with Crippen LogP contribution < -0.4 is 10.6 Å². The van der Waals surface area contributed by atoms with E-state index in [9.17, 15) is 0 Å². The van der Waals surface area contributed by atoms with Crippen LogP contribution in [-0.2, 0) is 4.74 Å². The summed E-state index contributed by atoms with van der Waals surface area (Å²) in [7, 11) is 0. The van der Waals surface area contributed by atoms with Gasteiger partial charge in [-0.05, 0) is 19.1 Å². The zero-order valence-corrected chi connectivity index (χ0v) is 12.3. The molecule has 1 fully saturated rings. The summed E-state index contributed by atoms with van der Waals surface area (Å²) in [6, 6.07) is 16.3. The second-order valence-corrected chi connectivity index (χ2v) is 5.38. The summed E-state index contributed by atoms with van der Waals surface area (Å²) < 4.78 is 5.87. The number of ether oxygens (including phenoxy) is 1. The van der Waals surface area contributed by atoms with Crippen molar-refractivity contribution in [2.75, 3.05) is 25.0 Å². The molecule has 0 saturated carbocycles. The van der Waals surface area contributed by atoms with E-state index in [4.69, 9.17) is 4.74 Å². The highest BCUT2D eigenvalue weighted by atomic mass is 16.5. The Morgan fingerprint density at radius 3 is 2.81 bits per heavy atom. The normalized spacial score (nSPS) is 22.0. The van der Waals surface area contributed by atoms with Gasteiger partial charge in [0.25, 0.3) is 0 Å². The summed E-state index contributed by atoms with van der Waals surface area (Å²) in [5.74, 6) is 0.887. The molecule has 0 amide bonds. The monoisotopic (exact) mass is 283 g/mol. The molecule has 2 aromatic rings. The third-order valence-corrected chi connectivity index (χ3v) is 3.56. The third kappa shape index (κ3) is 3.80. The van der Waals surface area contributed by atoms with Crippen LogP contribution in [0, 0.1) is 0 Å². The minimum Gasteiger partial charge on any atom is -0.371 e. The second kappa shape index (κ2) is 6.70. The van der Waals surface area contributed by atoms with Crippen LogP contribution in [0.4, 0.5) is 5.82 Å². The minimum atomic E-state index is 0.191. The Morgan fingerprint density at radius 2 is 2.00 bits per heavy atom. The predicted molar refractivity (Wildman–Crippen MR) is 85.4 cm³/mol. The molecule has 110 valence electrons.